The van der Waals surface area contributed by atoms with Gasteiger partial charge in [0.15, 0.2) is 0 Å². The van der Waals surface area contributed by atoms with Crippen molar-refractivity contribution in [3.8, 4) is 0 Å². The highest BCUT2D eigenvalue weighted by molar-refractivity contribution is 7.90. The Bertz CT molecular complexity index is 1070. The van der Waals surface area contributed by atoms with Gasteiger partial charge in [-0.05, 0) is 26.0 Å². The summed E-state index contributed by atoms with van der Waals surface area (Å²) < 4.78 is 55.1. The van der Waals surface area contributed by atoms with Crippen molar-refractivity contribution in [2.24, 2.45) is 4.99 Å². The number of aromatic nitrogens is 2. The van der Waals surface area contributed by atoms with Gasteiger partial charge in [-0.1, -0.05) is 12.1 Å². The fourth-order valence-corrected chi connectivity index (χ4v) is 5.06. The number of nitrogens with zero attached hydrogens (tertiary/aromatic N) is 3. The number of hydrogen-bond donors (Lipinski definition) is 2. The molecule has 1 aliphatic rings. The fourth-order valence-electron chi connectivity index (χ4n) is 2.60. The van der Waals surface area contributed by atoms with Crippen LogP contribution in [0.15, 0.2) is 45.2 Å². The van der Waals surface area contributed by atoms with Crippen LogP contribution in [0.2, 0.25) is 0 Å². The summed E-state index contributed by atoms with van der Waals surface area (Å²) in [6, 6.07) is 6.50. The second-order valence-electron chi connectivity index (χ2n) is 5.66. The first-order valence-electron chi connectivity index (χ1n) is 7.95. The van der Waals surface area contributed by atoms with Gasteiger partial charge in [-0.15, -0.1) is 0 Å². The summed E-state index contributed by atoms with van der Waals surface area (Å²) in [7, 11) is -7.30. The maximum Gasteiger partial charge on any atom is 0.263 e. The van der Waals surface area contributed by atoms with Gasteiger partial charge < -0.3 is 0 Å². The molecule has 140 valence electrons. The third-order valence-electron chi connectivity index (χ3n) is 3.85. The summed E-state index contributed by atoms with van der Waals surface area (Å²) >= 11 is 0. The summed E-state index contributed by atoms with van der Waals surface area (Å²) in [6.45, 7) is 4.19. The van der Waals surface area contributed by atoms with Crippen LogP contribution >= 0.6 is 0 Å². The van der Waals surface area contributed by atoms with E-state index in [1.807, 2.05) is 6.92 Å². The fraction of sp³-hybridized carbons (Fsp3) is 0.333. The molecule has 11 heteroatoms. The number of amidine groups is 1. The Morgan fingerprint density at radius 2 is 2.04 bits per heavy atom. The minimum Gasteiger partial charge on any atom is -0.271 e. The molecule has 1 aliphatic heterocycles. The van der Waals surface area contributed by atoms with E-state index in [-0.39, 0.29) is 28.7 Å². The molecular formula is C15H19N5O4S2. The van der Waals surface area contributed by atoms with Crippen molar-refractivity contribution >= 4 is 25.9 Å². The van der Waals surface area contributed by atoms with Crippen LogP contribution in [0.3, 0.4) is 0 Å². The van der Waals surface area contributed by atoms with Crippen molar-refractivity contribution in [2.45, 2.75) is 30.2 Å². The van der Waals surface area contributed by atoms with Gasteiger partial charge in [-0.3, -0.25) is 14.4 Å². The molecule has 2 aromatic rings. The second kappa shape index (κ2) is 6.82. The number of rotatable bonds is 6. The molecule has 0 amide bonds. The van der Waals surface area contributed by atoms with E-state index in [4.69, 9.17) is 0 Å². The van der Waals surface area contributed by atoms with Crippen molar-refractivity contribution in [1.82, 2.24) is 19.2 Å². The Hall–Kier alpha value is -2.24. The van der Waals surface area contributed by atoms with E-state index in [0.29, 0.717) is 17.8 Å². The lowest BCUT2D eigenvalue weighted by molar-refractivity contribution is 0.581. The van der Waals surface area contributed by atoms with E-state index in [1.165, 1.54) is 12.3 Å². The minimum atomic E-state index is -3.70. The Kier molecular flexibility index (Phi) is 4.86. The molecule has 9 nitrogen and oxygen atoms in total. The highest BCUT2D eigenvalue weighted by Crippen LogP contribution is 2.22. The van der Waals surface area contributed by atoms with Crippen LogP contribution in [0.5, 0.6) is 0 Å². The molecule has 0 saturated heterocycles. The number of hydrogen-bond acceptors (Lipinski definition) is 6. The molecule has 2 heterocycles. The monoisotopic (exact) mass is 397 g/mol. The molecule has 0 bridgehead atoms. The first-order valence-corrected chi connectivity index (χ1v) is 10.9. The first-order chi connectivity index (χ1) is 12.2. The van der Waals surface area contributed by atoms with Gasteiger partial charge in [0.1, 0.15) is 10.7 Å². The SMILES string of the molecule is CCn1cc(S(=O)(=O)NCCN=C2NS(=O)(=O)c3ccccc32)c(C)n1. The molecule has 2 N–H and O–H groups in total. The number of fused-ring (bicyclic) bond motifs is 1. The lowest BCUT2D eigenvalue weighted by atomic mass is 10.2. The molecule has 1 aromatic carbocycles. The van der Waals surface area contributed by atoms with Crippen molar-refractivity contribution in [1.29, 1.82) is 0 Å². The quantitative estimate of drug-likeness (QED) is 0.676. The number of aryl methyl sites for hydroxylation is 2. The zero-order chi connectivity index (χ0) is 18.9. The van der Waals surface area contributed by atoms with Crippen LogP contribution in [0.1, 0.15) is 18.2 Å². The largest absolute Gasteiger partial charge is 0.271 e. The number of sulfonamides is 2. The molecule has 0 fully saturated rings. The predicted molar refractivity (Wildman–Crippen MR) is 96.0 cm³/mol. The van der Waals surface area contributed by atoms with E-state index in [1.54, 1.807) is 29.8 Å². The first kappa shape index (κ1) is 18.5. The normalized spacial score (nSPS) is 17.2. The Morgan fingerprint density at radius 1 is 1.31 bits per heavy atom. The van der Waals surface area contributed by atoms with Gasteiger partial charge in [-0.25, -0.2) is 21.6 Å². The average molecular weight is 397 g/mol. The number of nitrogens with one attached hydrogen (secondary N) is 2. The van der Waals surface area contributed by atoms with E-state index >= 15 is 0 Å². The maximum atomic E-state index is 12.4. The lowest BCUT2D eigenvalue weighted by Gasteiger charge is -2.04. The van der Waals surface area contributed by atoms with Crippen LogP contribution in [0.4, 0.5) is 0 Å². The zero-order valence-electron chi connectivity index (χ0n) is 14.3. The molecule has 0 atom stereocenters. The molecule has 0 radical (unpaired) electrons. The van der Waals surface area contributed by atoms with Gasteiger partial charge >= 0.3 is 0 Å². The van der Waals surface area contributed by atoms with Gasteiger partial charge in [-0.2, -0.15) is 5.10 Å². The van der Waals surface area contributed by atoms with Crippen molar-refractivity contribution < 1.29 is 16.8 Å². The number of benzene rings is 1. The highest BCUT2D eigenvalue weighted by atomic mass is 32.2. The summed E-state index contributed by atoms with van der Waals surface area (Å²) in [5, 5.41) is 4.12. The predicted octanol–water partition coefficient (Wildman–Crippen LogP) is 0.228. The molecule has 0 spiro atoms. The van der Waals surface area contributed by atoms with Crippen LogP contribution in [0, 0.1) is 6.92 Å². The molecular weight excluding hydrogens is 378 g/mol. The Morgan fingerprint density at radius 3 is 2.73 bits per heavy atom. The molecule has 26 heavy (non-hydrogen) atoms. The maximum absolute atomic E-state index is 12.4. The van der Waals surface area contributed by atoms with Crippen molar-refractivity contribution in [3.63, 3.8) is 0 Å². The van der Waals surface area contributed by atoms with Crippen molar-refractivity contribution in [3.05, 3.63) is 41.7 Å². The summed E-state index contributed by atoms with van der Waals surface area (Å²) in [4.78, 5) is 4.47. The second-order valence-corrected chi connectivity index (χ2v) is 9.05. The third-order valence-corrected chi connectivity index (χ3v) is 6.81. The smallest absolute Gasteiger partial charge is 0.263 e. The Labute approximate surface area is 152 Å². The topological polar surface area (TPSA) is 123 Å². The lowest BCUT2D eigenvalue weighted by Crippen LogP contribution is -2.28. The van der Waals surface area contributed by atoms with Crippen LogP contribution in [0.25, 0.3) is 0 Å². The molecule has 0 unspecified atom stereocenters. The average Bonchev–Trinajstić information content (AvgIpc) is 3.10. The molecule has 3 rings (SSSR count). The van der Waals surface area contributed by atoms with Gasteiger partial charge in [0.2, 0.25) is 10.0 Å². The van der Waals surface area contributed by atoms with Gasteiger partial charge in [0, 0.05) is 24.8 Å². The van der Waals surface area contributed by atoms with E-state index in [9.17, 15) is 16.8 Å². The van der Waals surface area contributed by atoms with Gasteiger partial charge in [0.05, 0.1) is 17.1 Å². The van der Waals surface area contributed by atoms with Gasteiger partial charge in [0.25, 0.3) is 10.0 Å². The van der Waals surface area contributed by atoms with E-state index < -0.39 is 20.0 Å². The molecule has 0 saturated carbocycles. The van der Waals surface area contributed by atoms with Crippen LogP contribution < -0.4 is 9.44 Å². The summed E-state index contributed by atoms with van der Waals surface area (Å²) in [5.74, 6) is 0.217. The van der Waals surface area contributed by atoms with E-state index in [2.05, 4.69) is 19.5 Å². The minimum absolute atomic E-state index is 0.0342. The van der Waals surface area contributed by atoms with Crippen molar-refractivity contribution in [2.75, 3.05) is 13.1 Å². The standard InChI is InChI=1S/C15H19N5O4S2/c1-3-20-10-14(11(2)18-20)25(21,22)17-9-8-16-15-12-6-4-5-7-13(12)26(23,24)19-15/h4-7,10,17H,3,8-9H2,1-2H3,(H,16,19). The zero-order valence-corrected chi connectivity index (χ0v) is 15.9. The van der Waals surface area contributed by atoms with E-state index in [0.717, 1.165) is 0 Å². The summed E-state index contributed by atoms with van der Waals surface area (Å²) in [5.41, 5.74) is 0.901. The number of aliphatic imine (C=N–C) groups is 1. The third kappa shape index (κ3) is 3.50. The summed E-state index contributed by atoms with van der Waals surface area (Å²) in [6.07, 6.45) is 1.48. The Balaban J connectivity index is 1.69. The van der Waals surface area contributed by atoms with Crippen LogP contribution in [-0.4, -0.2) is 45.5 Å². The highest BCUT2D eigenvalue weighted by Gasteiger charge is 2.30. The van der Waals surface area contributed by atoms with Crippen LogP contribution in [-0.2, 0) is 26.6 Å². The molecule has 1 aromatic heterocycles. The molecule has 0 aliphatic carbocycles.